The van der Waals surface area contributed by atoms with Crippen LogP contribution in [0.1, 0.15) is 6.92 Å². The van der Waals surface area contributed by atoms with Crippen molar-refractivity contribution in [3.05, 3.63) is 24.3 Å². The van der Waals surface area contributed by atoms with Crippen molar-refractivity contribution in [2.45, 2.75) is 11.8 Å². The Morgan fingerprint density at radius 2 is 1.94 bits per heavy atom. The summed E-state index contributed by atoms with van der Waals surface area (Å²) < 4.78 is 25.7. The molecule has 17 heavy (non-hydrogen) atoms. The fourth-order valence-electron chi connectivity index (χ4n) is 1.05. The van der Waals surface area contributed by atoms with Gasteiger partial charge in [-0.25, -0.2) is 13.1 Å². The molecule has 2 N–H and O–H groups in total. The van der Waals surface area contributed by atoms with E-state index in [1.807, 2.05) is 0 Å². The van der Waals surface area contributed by atoms with Gasteiger partial charge in [0.2, 0.25) is 10.0 Å². The molecule has 0 aliphatic carbocycles. The van der Waals surface area contributed by atoms with Gasteiger partial charge in [-0.15, -0.1) is 0 Å². The summed E-state index contributed by atoms with van der Waals surface area (Å²) in [6.45, 7) is 1.27. The lowest BCUT2D eigenvalue weighted by molar-refractivity contribution is -0.140. The van der Waals surface area contributed by atoms with E-state index in [0.29, 0.717) is 5.46 Å². The molecule has 0 heterocycles. The Labute approximate surface area is 101 Å². The monoisotopic (exact) mass is 253 g/mol. The Kier molecular flexibility index (Phi) is 4.30. The number of benzene rings is 1. The molecule has 1 atom stereocenters. The van der Waals surface area contributed by atoms with Crippen LogP contribution in [0.5, 0.6) is 0 Å². The first-order valence-electron chi connectivity index (χ1n) is 4.91. The van der Waals surface area contributed by atoms with Crippen LogP contribution in [0.2, 0.25) is 0 Å². The minimum absolute atomic E-state index is 0.0595. The second kappa shape index (κ2) is 5.33. The molecule has 0 saturated carbocycles. The Morgan fingerprint density at radius 1 is 1.41 bits per heavy atom. The van der Waals surface area contributed by atoms with E-state index in [9.17, 15) is 13.2 Å². The number of hydrogen-bond acceptors (Lipinski definition) is 3. The first-order valence-corrected chi connectivity index (χ1v) is 6.39. The Bertz CT molecular complexity index is 498. The maximum Gasteiger partial charge on any atom is 0.307 e. The number of hydrogen-bond donors (Lipinski definition) is 2. The molecule has 2 radical (unpaired) electrons. The van der Waals surface area contributed by atoms with Gasteiger partial charge < -0.3 is 5.11 Å². The normalized spacial score (nSPS) is 13.2. The molecule has 0 aliphatic rings. The predicted octanol–water partition coefficient (Wildman–Crippen LogP) is -0.521. The van der Waals surface area contributed by atoms with Crippen LogP contribution >= 0.6 is 0 Å². The van der Waals surface area contributed by atoms with Gasteiger partial charge in [0.1, 0.15) is 7.85 Å². The molecule has 1 aromatic carbocycles. The third-order valence-electron chi connectivity index (χ3n) is 2.19. The average molecular weight is 253 g/mol. The van der Waals surface area contributed by atoms with Crippen molar-refractivity contribution < 1.29 is 18.3 Å². The number of rotatable bonds is 5. The quantitative estimate of drug-likeness (QED) is 0.691. The smallest absolute Gasteiger partial charge is 0.307 e. The fourth-order valence-corrected chi connectivity index (χ4v) is 2.18. The van der Waals surface area contributed by atoms with Crippen LogP contribution in [-0.4, -0.2) is 33.9 Å². The number of carboxylic acids is 1. The summed E-state index contributed by atoms with van der Waals surface area (Å²) >= 11 is 0. The molecule has 1 rings (SSSR count). The van der Waals surface area contributed by atoms with E-state index in [2.05, 4.69) is 4.72 Å². The summed E-state index contributed by atoms with van der Waals surface area (Å²) in [4.78, 5) is 10.6. The van der Waals surface area contributed by atoms with E-state index in [0.717, 1.165) is 0 Å². The molecule has 90 valence electrons. The third kappa shape index (κ3) is 3.87. The SMILES string of the molecule is [B]c1ccc(S(=O)(=O)NC[C@H](C)C(=O)O)cc1. The van der Waals surface area contributed by atoms with Crippen LogP contribution in [0, 0.1) is 5.92 Å². The molecule has 0 bridgehead atoms. The van der Waals surface area contributed by atoms with Crippen LogP contribution in [0.4, 0.5) is 0 Å². The topological polar surface area (TPSA) is 83.5 Å². The lowest BCUT2D eigenvalue weighted by atomic mass is 9.97. The van der Waals surface area contributed by atoms with Gasteiger partial charge in [0.25, 0.3) is 0 Å². The summed E-state index contributed by atoms with van der Waals surface area (Å²) in [5.74, 6) is -1.83. The first kappa shape index (κ1) is 13.7. The number of nitrogens with one attached hydrogen (secondary N) is 1. The zero-order valence-corrected chi connectivity index (χ0v) is 10.1. The minimum Gasteiger partial charge on any atom is -0.481 e. The van der Waals surface area contributed by atoms with Crippen LogP contribution in [0.25, 0.3) is 0 Å². The minimum atomic E-state index is -3.67. The van der Waals surface area contributed by atoms with Gasteiger partial charge in [-0.1, -0.05) is 24.5 Å². The van der Waals surface area contributed by atoms with Gasteiger partial charge in [0.05, 0.1) is 10.8 Å². The molecule has 0 spiro atoms. The van der Waals surface area contributed by atoms with Crippen molar-refractivity contribution in [2.24, 2.45) is 5.92 Å². The number of aliphatic carboxylic acids is 1. The Hall–Kier alpha value is -1.34. The molecule has 0 aliphatic heterocycles. The van der Waals surface area contributed by atoms with Crippen molar-refractivity contribution in [2.75, 3.05) is 6.54 Å². The molecule has 5 nitrogen and oxygen atoms in total. The molecule has 0 amide bonds. The lowest BCUT2D eigenvalue weighted by Crippen LogP contribution is -2.31. The van der Waals surface area contributed by atoms with E-state index in [1.54, 1.807) is 0 Å². The average Bonchev–Trinajstić information content (AvgIpc) is 2.26. The van der Waals surface area contributed by atoms with Gasteiger partial charge in [0.15, 0.2) is 0 Å². The summed E-state index contributed by atoms with van der Waals surface area (Å²) in [5.41, 5.74) is 0.461. The molecular weight excluding hydrogens is 241 g/mol. The van der Waals surface area contributed by atoms with Crippen LogP contribution in [-0.2, 0) is 14.8 Å². The first-order chi connectivity index (χ1) is 7.83. The highest BCUT2D eigenvalue weighted by Gasteiger charge is 2.17. The number of sulfonamides is 1. The van der Waals surface area contributed by atoms with E-state index in [1.165, 1.54) is 31.2 Å². The summed E-state index contributed by atoms with van der Waals surface area (Å²) in [5, 5.41) is 8.63. The van der Waals surface area contributed by atoms with E-state index in [4.69, 9.17) is 13.0 Å². The van der Waals surface area contributed by atoms with Crippen molar-refractivity contribution in [1.29, 1.82) is 0 Å². The summed E-state index contributed by atoms with van der Waals surface area (Å²) in [7, 11) is 1.76. The van der Waals surface area contributed by atoms with Crippen LogP contribution < -0.4 is 10.2 Å². The highest BCUT2D eigenvalue weighted by atomic mass is 32.2. The van der Waals surface area contributed by atoms with Crippen molar-refractivity contribution in [3.8, 4) is 0 Å². The third-order valence-corrected chi connectivity index (χ3v) is 3.63. The van der Waals surface area contributed by atoms with E-state index in [-0.39, 0.29) is 11.4 Å². The Morgan fingerprint density at radius 3 is 2.41 bits per heavy atom. The molecule has 0 aromatic heterocycles. The maximum atomic E-state index is 11.7. The van der Waals surface area contributed by atoms with Gasteiger partial charge in [0, 0.05) is 6.54 Å². The zero-order valence-electron chi connectivity index (χ0n) is 9.25. The van der Waals surface area contributed by atoms with Gasteiger partial charge >= 0.3 is 5.97 Å². The van der Waals surface area contributed by atoms with Gasteiger partial charge in [-0.05, 0) is 12.1 Å². The molecule has 1 aromatic rings. The largest absolute Gasteiger partial charge is 0.481 e. The highest BCUT2D eigenvalue weighted by Crippen LogP contribution is 2.06. The lowest BCUT2D eigenvalue weighted by Gasteiger charge is -2.09. The summed E-state index contributed by atoms with van der Waals surface area (Å²) in [6, 6.07) is 5.66. The van der Waals surface area contributed by atoms with Gasteiger partial charge in [-0.2, -0.15) is 0 Å². The van der Waals surface area contributed by atoms with Crippen molar-refractivity contribution in [1.82, 2.24) is 4.72 Å². The second-order valence-corrected chi connectivity index (χ2v) is 5.43. The Balaban J connectivity index is 2.76. The van der Waals surface area contributed by atoms with Gasteiger partial charge in [-0.3, -0.25) is 4.79 Å². The zero-order chi connectivity index (χ0) is 13.1. The standard InChI is InChI=1S/C10H12BNO4S/c1-7(10(13)14)6-12-17(15,16)9-4-2-8(11)3-5-9/h2-5,7,12H,6H2,1H3,(H,13,14)/t7-/m0/s1. The summed E-state index contributed by atoms with van der Waals surface area (Å²) in [6.07, 6.45) is 0. The van der Waals surface area contributed by atoms with Crippen molar-refractivity contribution >= 4 is 29.3 Å². The molecular formula is C10H12BNO4S. The molecule has 0 unspecified atom stereocenters. The highest BCUT2D eigenvalue weighted by molar-refractivity contribution is 7.89. The van der Waals surface area contributed by atoms with E-state index >= 15 is 0 Å². The maximum absolute atomic E-state index is 11.7. The molecule has 0 fully saturated rings. The van der Waals surface area contributed by atoms with E-state index < -0.39 is 21.9 Å². The molecule has 0 saturated heterocycles. The number of carbonyl (C=O) groups is 1. The number of carboxylic acid groups (broad SMARTS) is 1. The van der Waals surface area contributed by atoms with Crippen LogP contribution in [0.3, 0.4) is 0 Å². The molecule has 7 heteroatoms. The predicted molar refractivity (Wildman–Crippen MR) is 63.8 cm³/mol. The second-order valence-electron chi connectivity index (χ2n) is 3.66. The van der Waals surface area contributed by atoms with Crippen molar-refractivity contribution in [3.63, 3.8) is 0 Å². The van der Waals surface area contributed by atoms with Crippen LogP contribution in [0.15, 0.2) is 29.2 Å². The fraction of sp³-hybridized carbons (Fsp3) is 0.300.